The maximum atomic E-state index is 11.1. The van der Waals surface area contributed by atoms with Gasteiger partial charge in [-0.1, -0.05) is 0 Å². The number of allylic oxidation sites excluding steroid dienone is 1. The Morgan fingerprint density at radius 2 is 2.09 bits per heavy atom. The zero-order valence-corrected chi connectivity index (χ0v) is 6.38. The highest BCUT2D eigenvalue weighted by molar-refractivity contribution is 6.23. The summed E-state index contributed by atoms with van der Waals surface area (Å²) in [6, 6.07) is 0. The number of Topliss-reactive ketones (excluding diaryl/α,β-unsaturated/α-hetero) is 1. The van der Waals surface area contributed by atoms with Crippen molar-refractivity contribution in [2.75, 3.05) is 0 Å². The Bertz CT molecular complexity index is 250. The second-order valence-corrected chi connectivity index (χ2v) is 2.47. The Balaban J connectivity index is 3.09. The third kappa shape index (κ3) is 1.11. The predicted molar refractivity (Wildman–Crippen MR) is 37.4 cm³/mol. The summed E-state index contributed by atoms with van der Waals surface area (Å²) >= 11 is 0. The van der Waals surface area contributed by atoms with Gasteiger partial charge in [-0.15, -0.1) is 0 Å². The van der Waals surface area contributed by atoms with Gasteiger partial charge in [-0.2, -0.15) is 0 Å². The van der Waals surface area contributed by atoms with Crippen molar-refractivity contribution in [2.24, 2.45) is 5.73 Å². The fraction of sp³-hybridized carbons (Fsp3) is 0.429. The fourth-order valence-electron chi connectivity index (χ4n) is 0.932. The molecule has 1 saturated heterocycles. The van der Waals surface area contributed by atoms with Crippen LogP contribution in [0.15, 0.2) is 11.3 Å². The first-order chi connectivity index (χ1) is 5.04. The summed E-state index contributed by atoms with van der Waals surface area (Å²) in [5, 5.41) is 0. The number of carbonyl (C=O) groups excluding carboxylic acids is 2. The van der Waals surface area contributed by atoms with Crippen molar-refractivity contribution in [3.8, 4) is 0 Å². The summed E-state index contributed by atoms with van der Waals surface area (Å²) in [6.45, 7) is 3.03. The Morgan fingerprint density at radius 3 is 2.27 bits per heavy atom. The lowest BCUT2D eigenvalue weighted by Gasteiger charge is -1.93. The van der Waals surface area contributed by atoms with Crippen LogP contribution in [-0.4, -0.2) is 17.9 Å². The molecule has 0 saturated carbocycles. The summed E-state index contributed by atoms with van der Waals surface area (Å²) in [5.41, 5.74) is 5.52. The highest BCUT2D eigenvalue weighted by Crippen LogP contribution is 2.17. The minimum absolute atomic E-state index is 0.00231. The van der Waals surface area contributed by atoms with Gasteiger partial charge in [-0.3, -0.25) is 4.79 Å². The van der Waals surface area contributed by atoms with Gasteiger partial charge >= 0.3 is 5.97 Å². The van der Waals surface area contributed by atoms with E-state index in [4.69, 9.17) is 5.73 Å². The number of hydrogen-bond donors (Lipinski definition) is 1. The minimum atomic E-state index is -0.670. The van der Waals surface area contributed by atoms with Crippen LogP contribution in [0.25, 0.3) is 0 Å². The number of rotatable bonds is 0. The molecular weight excluding hydrogens is 146 g/mol. The summed E-state index contributed by atoms with van der Waals surface area (Å²) in [5.74, 6) is -0.933. The zero-order chi connectivity index (χ0) is 8.59. The van der Waals surface area contributed by atoms with Gasteiger partial charge in [0.25, 0.3) is 0 Å². The first-order valence-electron chi connectivity index (χ1n) is 3.25. The van der Waals surface area contributed by atoms with Crippen molar-refractivity contribution in [3.63, 3.8) is 0 Å². The molecule has 4 nitrogen and oxygen atoms in total. The lowest BCUT2D eigenvalue weighted by Crippen LogP contribution is -2.13. The van der Waals surface area contributed by atoms with Gasteiger partial charge in [0.1, 0.15) is 5.57 Å². The van der Waals surface area contributed by atoms with Crippen molar-refractivity contribution < 1.29 is 14.3 Å². The average molecular weight is 155 g/mol. The molecule has 1 aliphatic heterocycles. The van der Waals surface area contributed by atoms with Gasteiger partial charge in [0.05, 0.1) is 0 Å². The van der Waals surface area contributed by atoms with Gasteiger partial charge in [0.15, 0.2) is 6.10 Å². The zero-order valence-electron chi connectivity index (χ0n) is 6.38. The molecule has 1 atom stereocenters. The third-order valence-electron chi connectivity index (χ3n) is 1.50. The molecule has 0 aromatic carbocycles. The molecule has 4 heteroatoms. The number of nitrogens with two attached hydrogens (primary N) is 1. The molecule has 1 heterocycles. The predicted octanol–water partition coefficient (Wildman–Crippen LogP) is -0.267. The van der Waals surface area contributed by atoms with Crippen LogP contribution in [0, 0.1) is 0 Å². The molecule has 1 aliphatic rings. The molecule has 2 N–H and O–H groups in total. The van der Waals surface area contributed by atoms with E-state index in [0.717, 1.165) is 0 Å². The molecule has 0 aliphatic carbocycles. The fourth-order valence-corrected chi connectivity index (χ4v) is 0.932. The first-order valence-corrected chi connectivity index (χ1v) is 3.25. The highest BCUT2D eigenvalue weighted by Gasteiger charge is 2.36. The van der Waals surface area contributed by atoms with E-state index in [2.05, 4.69) is 4.74 Å². The average Bonchev–Trinajstić information content (AvgIpc) is 2.07. The molecule has 0 aromatic rings. The van der Waals surface area contributed by atoms with Crippen molar-refractivity contribution in [1.29, 1.82) is 0 Å². The lowest BCUT2D eigenvalue weighted by molar-refractivity contribution is -0.139. The summed E-state index contributed by atoms with van der Waals surface area (Å²) < 4.78 is 4.62. The van der Waals surface area contributed by atoms with Crippen molar-refractivity contribution in [2.45, 2.75) is 20.0 Å². The van der Waals surface area contributed by atoms with E-state index in [9.17, 15) is 9.59 Å². The number of cyclic esters (lactones) is 1. The summed E-state index contributed by atoms with van der Waals surface area (Å²) in [6.07, 6.45) is -0.670. The van der Waals surface area contributed by atoms with Gasteiger partial charge in [0, 0.05) is 5.70 Å². The molecule has 1 rings (SSSR count). The van der Waals surface area contributed by atoms with Crippen LogP contribution in [0.1, 0.15) is 13.8 Å². The van der Waals surface area contributed by atoms with Gasteiger partial charge in [-0.25, -0.2) is 4.79 Å². The normalized spacial score (nSPS) is 28.7. The van der Waals surface area contributed by atoms with Crippen LogP contribution >= 0.6 is 0 Å². The Kier molecular flexibility index (Phi) is 1.68. The standard InChI is InChI=1S/C7H9NO3/c1-3(8)5-6(9)4(2)11-7(5)10/h4H,8H2,1-2H3. The molecule has 0 bridgehead atoms. The van der Waals surface area contributed by atoms with Crippen LogP contribution in [0.3, 0.4) is 0 Å². The van der Waals surface area contributed by atoms with Gasteiger partial charge in [-0.05, 0) is 13.8 Å². The van der Waals surface area contributed by atoms with Crippen LogP contribution in [0.4, 0.5) is 0 Å². The lowest BCUT2D eigenvalue weighted by atomic mass is 10.1. The second kappa shape index (κ2) is 2.38. The van der Waals surface area contributed by atoms with E-state index in [1.165, 1.54) is 13.8 Å². The Morgan fingerprint density at radius 1 is 1.55 bits per heavy atom. The molecule has 11 heavy (non-hydrogen) atoms. The van der Waals surface area contributed by atoms with E-state index in [1.807, 2.05) is 0 Å². The Labute approximate surface area is 64.0 Å². The summed E-state index contributed by atoms with van der Waals surface area (Å²) in [4.78, 5) is 21.9. The minimum Gasteiger partial charge on any atom is -0.451 e. The van der Waals surface area contributed by atoms with E-state index in [1.54, 1.807) is 0 Å². The molecule has 1 unspecified atom stereocenters. The SMILES string of the molecule is CC(N)=C1C(=O)OC(C)C1=O. The molecule has 60 valence electrons. The van der Waals surface area contributed by atoms with E-state index in [0.29, 0.717) is 0 Å². The molecule has 0 aromatic heterocycles. The first kappa shape index (κ1) is 7.78. The maximum Gasteiger partial charge on any atom is 0.344 e. The Hall–Kier alpha value is -1.32. The number of ether oxygens (including phenoxy) is 1. The number of esters is 1. The third-order valence-corrected chi connectivity index (χ3v) is 1.50. The van der Waals surface area contributed by atoms with Gasteiger partial charge < -0.3 is 10.5 Å². The van der Waals surface area contributed by atoms with Crippen LogP contribution in [0.5, 0.6) is 0 Å². The molecule has 0 radical (unpaired) electrons. The quantitative estimate of drug-likeness (QED) is 0.297. The van der Waals surface area contributed by atoms with Crippen LogP contribution in [0.2, 0.25) is 0 Å². The second-order valence-electron chi connectivity index (χ2n) is 2.47. The van der Waals surface area contributed by atoms with E-state index in [-0.39, 0.29) is 17.1 Å². The van der Waals surface area contributed by atoms with E-state index < -0.39 is 12.1 Å². The number of carbonyl (C=O) groups is 2. The summed E-state index contributed by atoms with van der Waals surface area (Å²) in [7, 11) is 0. The van der Waals surface area contributed by atoms with Crippen LogP contribution in [-0.2, 0) is 14.3 Å². The number of ketones is 1. The number of hydrogen-bond acceptors (Lipinski definition) is 4. The van der Waals surface area contributed by atoms with E-state index >= 15 is 0 Å². The maximum absolute atomic E-state index is 11.1. The van der Waals surface area contributed by atoms with Crippen molar-refractivity contribution in [1.82, 2.24) is 0 Å². The smallest absolute Gasteiger partial charge is 0.344 e. The van der Waals surface area contributed by atoms with Gasteiger partial charge in [0.2, 0.25) is 5.78 Å². The molecule has 1 fully saturated rings. The molecular formula is C7H9NO3. The van der Waals surface area contributed by atoms with Crippen molar-refractivity contribution in [3.05, 3.63) is 11.3 Å². The topological polar surface area (TPSA) is 69.4 Å². The van der Waals surface area contributed by atoms with Crippen molar-refractivity contribution >= 4 is 11.8 Å². The monoisotopic (exact) mass is 155 g/mol. The molecule has 0 spiro atoms. The molecule has 0 amide bonds. The largest absolute Gasteiger partial charge is 0.451 e. The highest BCUT2D eigenvalue weighted by atomic mass is 16.6. The van der Waals surface area contributed by atoms with Crippen LogP contribution < -0.4 is 5.73 Å².